The molecule has 0 saturated carbocycles. The summed E-state index contributed by atoms with van der Waals surface area (Å²) in [4.78, 5) is 0. The zero-order valence-electron chi connectivity index (χ0n) is 7.02. The van der Waals surface area contributed by atoms with E-state index in [1.807, 2.05) is 20.8 Å². The summed E-state index contributed by atoms with van der Waals surface area (Å²) in [6.45, 7) is 5.84. The molecule has 0 bridgehead atoms. The van der Waals surface area contributed by atoms with Crippen molar-refractivity contribution in [2.45, 2.75) is 39.7 Å². The molecule has 0 heterocycles. The Balaban J connectivity index is 3.57. The fourth-order valence-electron chi connectivity index (χ4n) is 0.801. The van der Waals surface area contributed by atoms with E-state index in [-0.39, 0.29) is 6.10 Å². The van der Waals surface area contributed by atoms with Crippen molar-refractivity contribution in [1.82, 2.24) is 0 Å². The van der Waals surface area contributed by atoms with Crippen LogP contribution >= 0.6 is 0 Å². The Kier molecular flexibility index (Phi) is 5.06. The zero-order chi connectivity index (χ0) is 7.98. The molecule has 0 aromatic carbocycles. The molecule has 0 radical (unpaired) electrons. The second kappa shape index (κ2) is 5.32. The van der Waals surface area contributed by atoms with Gasteiger partial charge in [0.1, 0.15) is 0 Å². The highest BCUT2D eigenvalue weighted by Gasteiger charge is 2.09. The molecule has 1 nitrogen and oxygen atoms in total. The molecule has 0 aromatic heterocycles. The predicted molar refractivity (Wildman–Crippen MR) is 43.5 cm³/mol. The molecule has 0 aromatic rings. The molecule has 2 unspecified atom stereocenters. The number of hydrogen-bond donors (Lipinski definition) is 1. The Labute approximate surface area is 63.5 Å². The van der Waals surface area contributed by atoms with Gasteiger partial charge in [0, 0.05) is 6.42 Å². The van der Waals surface area contributed by atoms with E-state index in [9.17, 15) is 5.11 Å². The van der Waals surface area contributed by atoms with Crippen molar-refractivity contribution in [1.29, 1.82) is 0 Å². The lowest BCUT2D eigenvalue weighted by atomic mass is 9.99. The number of hydrogen-bond acceptors (Lipinski definition) is 1. The quantitative estimate of drug-likeness (QED) is 0.593. The van der Waals surface area contributed by atoms with E-state index in [4.69, 9.17) is 0 Å². The molecule has 58 valence electrons. The molecule has 0 saturated heterocycles. The Morgan fingerprint density at radius 3 is 2.50 bits per heavy atom. The predicted octanol–water partition coefficient (Wildman–Crippen LogP) is 1.81. The highest BCUT2D eigenvalue weighted by atomic mass is 16.3. The van der Waals surface area contributed by atoms with E-state index in [0.717, 1.165) is 12.8 Å². The van der Waals surface area contributed by atoms with Crippen LogP contribution in [0.15, 0.2) is 0 Å². The standard InChI is InChI=1S/C9H16O/c1-4-6-7-8(3)9(10)5-2/h8-10H,5,7H2,1-3H3. The first-order valence-electron chi connectivity index (χ1n) is 3.80. The molecular formula is C9H16O. The number of aliphatic hydroxyl groups is 1. The molecule has 0 aliphatic heterocycles. The van der Waals surface area contributed by atoms with Crippen LogP contribution in [0.1, 0.15) is 33.6 Å². The largest absolute Gasteiger partial charge is 0.393 e. The monoisotopic (exact) mass is 140 g/mol. The smallest absolute Gasteiger partial charge is 0.0572 e. The van der Waals surface area contributed by atoms with Crippen LogP contribution in [-0.2, 0) is 0 Å². The van der Waals surface area contributed by atoms with Gasteiger partial charge in [0.15, 0.2) is 0 Å². The van der Waals surface area contributed by atoms with E-state index < -0.39 is 0 Å². The van der Waals surface area contributed by atoms with Gasteiger partial charge in [-0.05, 0) is 19.3 Å². The van der Waals surface area contributed by atoms with Crippen molar-refractivity contribution in [3.8, 4) is 11.8 Å². The van der Waals surface area contributed by atoms with Gasteiger partial charge in [-0.3, -0.25) is 0 Å². The lowest BCUT2D eigenvalue weighted by Crippen LogP contribution is -2.15. The van der Waals surface area contributed by atoms with Gasteiger partial charge in [0.25, 0.3) is 0 Å². The normalized spacial score (nSPS) is 15.2. The minimum Gasteiger partial charge on any atom is -0.393 e. The maximum atomic E-state index is 9.29. The molecule has 0 amide bonds. The minimum atomic E-state index is -0.180. The molecule has 2 atom stereocenters. The van der Waals surface area contributed by atoms with Crippen LogP contribution in [0.5, 0.6) is 0 Å². The minimum absolute atomic E-state index is 0.180. The van der Waals surface area contributed by atoms with Crippen molar-refractivity contribution >= 4 is 0 Å². The molecule has 0 rings (SSSR count). The summed E-state index contributed by atoms with van der Waals surface area (Å²) in [5, 5.41) is 9.29. The fourth-order valence-corrected chi connectivity index (χ4v) is 0.801. The Morgan fingerprint density at radius 2 is 2.10 bits per heavy atom. The second-order valence-corrected chi connectivity index (χ2v) is 2.58. The molecule has 0 aliphatic carbocycles. The summed E-state index contributed by atoms with van der Waals surface area (Å²) in [5.74, 6) is 6.09. The summed E-state index contributed by atoms with van der Waals surface area (Å²) in [6, 6.07) is 0. The first kappa shape index (κ1) is 9.52. The summed E-state index contributed by atoms with van der Waals surface area (Å²) >= 11 is 0. The summed E-state index contributed by atoms with van der Waals surface area (Å²) in [7, 11) is 0. The first-order chi connectivity index (χ1) is 4.72. The van der Waals surface area contributed by atoms with E-state index in [1.54, 1.807) is 0 Å². The van der Waals surface area contributed by atoms with Crippen LogP contribution in [0.3, 0.4) is 0 Å². The Bertz CT molecular complexity index is 129. The van der Waals surface area contributed by atoms with Gasteiger partial charge in [0.2, 0.25) is 0 Å². The van der Waals surface area contributed by atoms with Crippen LogP contribution in [0.4, 0.5) is 0 Å². The summed E-state index contributed by atoms with van der Waals surface area (Å²) in [6.07, 6.45) is 1.46. The van der Waals surface area contributed by atoms with Crippen molar-refractivity contribution in [2.75, 3.05) is 0 Å². The average molecular weight is 140 g/mol. The SMILES string of the molecule is CC#CCC(C)C(O)CC. The van der Waals surface area contributed by atoms with Gasteiger partial charge in [-0.25, -0.2) is 0 Å². The topological polar surface area (TPSA) is 20.2 Å². The highest BCUT2D eigenvalue weighted by molar-refractivity contribution is 4.96. The fraction of sp³-hybridized carbons (Fsp3) is 0.778. The summed E-state index contributed by atoms with van der Waals surface area (Å²) in [5.41, 5.74) is 0. The molecular weight excluding hydrogens is 124 g/mol. The molecule has 1 heteroatoms. The molecule has 1 N–H and O–H groups in total. The Morgan fingerprint density at radius 1 is 1.50 bits per heavy atom. The van der Waals surface area contributed by atoms with Gasteiger partial charge in [-0.15, -0.1) is 11.8 Å². The van der Waals surface area contributed by atoms with Crippen LogP contribution in [0.2, 0.25) is 0 Å². The third kappa shape index (κ3) is 3.53. The molecule has 0 spiro atoms. The van der Waals surface area contributed by atoms with Crippen molar-refractivity contribution in [3.63, 3.8) is 0 Å². The van der Waals surface area contributed by atoms with Gasteiger partial charge in [-0.2, -0.15) is 0 Å². The van der Waals surface area contributed by atoms with Gasteiger partial charge >= 0.3 is 0 Å². The lowest BCUT2D eigenvalue weighted by Gasteiger charge is -2.13. The van der Waals surface area contributed by atoms with E-state index in [1.165, 1.54) is 0 Å². The van der Waals surface area contributed by atoms with E-state index in [0.29, 0.717) is 5.92 Å². The van der Waals surface area contributed by atoms with Gasteiger partial charge < -0.3 is 5.11 Å². The maximum absolute atomic E-state index is 9.29. The number of rotatable bonds is 3. The molecule has 10 heavy (non-hydrogen) atoms. The summed E-state index contributed by atoms with van der Waals surface area (Å²) < 4.78 is 0. The van der Waals surface area contributed by atoms with Gasteiger partial charge in [0.05, 0.1) is 6.10 Å². The molecule has 0 fully saturated rings. The second-order valence-electron chi connectivity index (χ2n) is 2.58. The maximum Gasteiger partial charge on any atom is 0.0572 e. The zero-order valence-corrected chi connectivity index (χ0v) is 7.02. The molecule has 0 aliphatic rings. The highest BCUT2D eigenvalue weighted by Crippen LogP contribution is 2.09. The van der Waals surface area contributed by atoms with Gasteiger partial charge in [-0.1, -0.05) is 13.8 Å². The van der Waals surface area contributed by atoms with E-state index in [2.05, 4.69) is 11.8 Å². The van der Waals surface area contributed by atoms with Crippen LogP contribution in [-0.4, -0.2) is 11.2 Å². The lowest BCUT2D eigenvalue weighted by molar-refractivity contribution is 0.115. The van der Waals surface area contributed by atoms with Crippen molar-refractivity contribution in [3.05, 3.63) is 0 Å². The van der Waals surface area contributed by atoms with Crippen molar-refractivity contribution in [2.24, 2.45) is 5.92 Å². The average Bonchev–Trinajstić information content (AvgIpc) is 1.98. The van der Waals surface area contributed by atoms with Crippen LogP contribution < -0.4 is 0 Å². The Hall–Kier alpha value is -0.480. The van der Waals surface area contributed by atoms with E-state index >= 15 is 0 Å². The number of aliphatic hydroxyl groups excluding tert-OH is 1. The third-order valence-corrected chi connectivity index (χ3v) is 1.68. The van der Waals surface area contributed by atoms with Crippen molar-refractivity contribution < 1.29 is 5.11 Å². The third-order valence-electron chi connectivity index (χ3n) is 1.68. The van der Waals surface area contributed by atoms with Crippen LogP contribution in [0, 0.1) is 17.8 Å². The van der Waals surface area contributed by atoms with Crippen LogP contribution in [0.25, 0.3) is 0 Å². The first-order valence-corrected chi connectivity index (χ1v) is 3.80.